The quantitative estimate of drug-likeness (QED) is 0.744. The van der Waals surface area contributed by atoms with Gasteiger partial charge in [-0.3, -0.25) is 14.5 Å². The lowest BCUT2D eigenvalue weighted by Gasteiger charge is -2.33. The fourth-order valence-electron chi connectivity index (χ4n) is 2.94. The topological polar surface area (TPSA) is 93.0 Å². The molecule has 0 radical (unpaired) electrons. The van der Waals surface area contributed by atoms with Crippen molar-refractivity contribution >= 4 is 17.5 Å². The van der Waals surface area contributed by atoms with E-state index in [4.69, 9.17) is 13.9 Å². The Bertz CT molecular complexity index is 756. The SMILES string of the molecule is COc1cccc(NC(=O)C(=O)NCC(c2ccco2)N2CCOCC2)c1. The summed E-state index contributed by atoms with van der Waals surface area (Å²) in [6.45, 7) is 2.98. The van der Waals surface area contributed by atoms with Crippen molar-refractivity contribution in [2.45, 2.75) is 6.04 Å². The Morgan fingerprint density at radius 2 is 2.00 bits per heavy atom. The maximum atomic E-state index is 12.2. The van der Waals surface area contributed by atoms with Gasteiger partial charge in [-0.05, 0) is 24.3 Å². The standard InChI is InChI=1S/C19H23N3O5/c1-25-15-5-2-4-14(12-15)21-19(24)18(23)20-13-16(17-6-3-9-27-17)22-7-10-26-11-8-22/h2-6,9,12,16H,7-8,10-11,13H2,1H3,(H,20,23)(H,21,24). The summed E-state index contributed by atoms with van der Waals surface area (Å²) in [5, 5.41) is 5.26. The van der Waals surface area contributed by atoms with Crippen molar-refractivity contribution in [1.82, 2.24) is 10.2 Å². The summed E-state index contributed by atoms with van der Waals surface area (Å²) in [5.41, 5.74) is 0.491. The molecule has 2 aromatic rings. The fraction of sp³-hybridized carbons (Fsp3) is 0.368. The van der Waals surface area contributed by atoms with E-state index in [1.165, 1.54) is 7.11 Å². The van der Waals surface area contributed by atoms with E-state index in [9.17, 15) is 9.59 Å². The Kier molecular flexibility index (Phi) is 6.45. The summed E-state index contributed by atoms with van der Waals surface area (Å²) in [6, 6.07) is 10.3. The number of carbonyl (C=O) groups is 2. The molecule has 2 amide bonds. The van der Waals surface area contributed by atoms with Crippen LogP contribution in [0.25, 0.3) is 0 Å². The number of nitrogens with one attached hydrogen (secondary N) is 2. The van der Waals surface area contributed by atoms with Gasteiger partial charge in [-0.1, -0.05) is 6.07 Å². The van der Waals surface area contributed by atoms with Crippen LogP contribution in [0.5, 0.6) is 5.75 Å². The number of amides is 2. The highest BCUT2D eigenvalue weighted by molar-refractivity contribution is 6.39. The highest BCUT2D eigenvalue weighted by Crippen LogP contribution is 2.21. The third-order valence-electron chi connectivity index (χ3n) is 4.35. The van der Waals surface area contributed by atoms with E-state index in [0.29, 0.717) is 24.7 Å². The monoisotopic (exact) mass is 373 g/mol. The number of ether oxygens (including phenoxy) is 2. The van der Waals surface area contributed by atoms with Crippen molar-refractivity contribution in [2.24, 2.45) is 0 Å². The molecule has 8 heteroatoms. The first-order chi connectivity index (χ1) is 13.2. The number of hydrogen-bond donors (Lipinski definition) is 2. The first kappa shape index (κ1) is 18.9. The van der Waals surface area contributed by atoms with E-state index < -0.39 is 11.8 Å². The Labute approximate surface area is 157 Å². The van der Waals surface area contributed by atoms with Crippen LogP contribution in [0.15, 0.2) is 47.1 Å². The maximum Gasteiger partial charge on any atom is 0.313 e. The zero-order chi connectivity index (χ0) is 19.1. The maximum absolute atomic E-state index is 12.2. The van der Waals surface area contributed by atoms with E-state index in [0.717, 1.165) is 18.8 Å². The predicted octanol–water partition coefficient (Wildman–Crippen LogP) is 1.42. The van der Waals surface area contributed by atoms with Crippen molar-refractivity contribution in [3.05, 3.63) is 48.4 Å². The molecular weight excluding hydrogens is 350 g/mol. The molecule has 8 nitrogen and oxygen atoms in total. The molecule has 1 atom stereocenters. The van der Waals surface area contributed by atoms with Gasteiger partial charge in [0.1, 0.15) is 11.5 Å². The number of rotatable bonds is 6. The second-order valence-electron chi connectivity index (χ2n) is 6.08. The molecule has 2 N–H and O–H groups in total. The van der Waals surface area contributed by atoms with Crippen LogP contribution < -0.4 is 15.4 Å². The summed E-state index contributed by atoms with van der Waals surface area (Å²) >= 11 is 0. The molecule has 144 valence electrons. The van der Waals surface area contributed by atoms with Crippen LogP contribution in [0.2, 0.25) is 0 Å². The number of anilines is 1. The number of morpholine rings is 1. The third-order valence-corrected chi connectivity index (χ3v) is 4.35. The Morgan fingerprint density at radius 3 is 2.70 bits per heavy atom. The Morgan fingerprint density at radius 1 is 1.19 bits per heavy atom. The number of nitrogens with zero attached hydrogens (tertiary/aromatic N) is 1. The summed E-state index contributed by atoms with van der Waals surface area (Å²) in [4.78, 5) is 26.6. The van der Waals surface area contributed by atoms with Crippen LogP contribution >= 0.6 is 0 Å². The molecule has 0 spiro atoms. The van der Waals surface area contributed by atoms with E-state index >= 15 is 0 Å². The van der Waals surface area contributed by atoms with Crippen molar-refractivity contribution in [1.29, 1.82) is 0 Å². The van der Waals surface area contributed by atoms with Crippen LogP contribution in [-0.4, -0.2) is 56.7 Å². The highest BCUT2D eigenvalue weighted by Gasteiger charge is 2.26. The van der Waals surface area contributed by atoms with Crippen LogP contribution in [0.4, 0.5) is 5.69 Å². The Balaban J connectivity index is 1.58. The van der Waals surface area contributed by atoms with Crippen molar-refractivity contribution in [3.8, 4) is 5.75 Å². The molecule has 1 fully saturated rings. The van der Waals surface area contributed by atoms with Gasteiger partial charge in [-0.2, -0.15) is 0 Å². The molecule has 1 aromatic heterocycles. The smallest absolute Gasteiger partial charge is 0.313 e. The molecule has 1 aromatic carbocycles. The summed E-state index contributed by atoms with van der Waals surface area (Å²) in [5.74, 6) is -0.102. The van der Waals surface area contributed by atoms with Crippen molar-refractivity contribution < 1.29 is 23.5 Å². The lowest BCUT2D eigenvalue weighted by molar-refractivity contribution is -0.136. The molecule has 0 aliphatic carbocycles. The second kappa shape index (κ2) is 9.20. The minimum Gasteiger partial charge on any atom is -0.497 e. The van der Waals surface area contributed by atoms with Gasteiger partial charge in [0.15, 0.2) is 0 Å². The lowest BCUT2D eigenvalue weighted by Crippen LogP contribution is -2.45. The molecule has 1 aliphatic heterocycles. The zero-order valence-corrected chi connectivity index (χ0v) is 15.1. The first-order valence-corrected chi connectivity index (χ1v) is 8.76. The predicted molar refractivity (Wildman–Crippen MR) is 98.5 cm³/mol. The van der Waals surface area contributed by atoms with Gasteiger partial charge >= 0.3 is 11.8 Å². The first-order valence-electron chi connectivity index (χ1n) is 8.76. The summed E-state index contributed by atoms with van der Waals surface area (Å²) in [7, 11) is 1.54. The van der Waals surface area contributed by atoms with E-state index in [1.807, 2.05) is 6.07 Å². The van der Waals surface area contributed by atoms with Gasteiger partial charge < -0.3 is 24.5 Å². The third kappa shape index (κ3) is 5.08. The molecule has 0 bridgehead atoms. The van der Waals surface area contributed by atoms with Gasteiger partial charge in [-0.25, -0.2) is 0 Å². The summed E-state index contributed by atoms with van der Waals surface area (Å²) < 4.78 is 16.0. The van der Waals surface area contributed by atoms with Crippen molar-refractivity contribution in [2.75, 3.05) is 45.3 Å². The molecule has 1 unspecified atom stereocenters. The molecule has 3 rings (SSSR count). The molecule has 1 saturated heterocycles. The summed E-state index contributed by atoms with van der Waals surface area (Å²) in [6.07, 6.45) is 1.60. The van der Waals surface area contributed by atoms with Crippen molar-refractivity contribution in [3.63, 3.8) is 0 Å². The molecule has 2 heterocycles. The number of methoxy groups -OCH3 is 1. The average molecular weight is 373 g/mol. The zero-order valence-electron chi connectivity index (χ0n) is 15.1. The van der Waals surface area contributed by atoms with E-state index in [2.05, 4.69) is 15.5 Å². The van der Waals surface area contributed by atoms with Gasteiger partial charge in [0.2, 0.25) is 0 Å². The number of benzene rings is 1. The fourth-order valence-corrected chi connectivity index (χ4v) is 2.94. The minimum absolute atomic E-state index is 0.155. The Hall–Kier alpha value is -2.84. The normalized spacial score (nSPS) is 15.7. The molecule has 27 heavy (non-hydrogen) atoms. The minimum atomic E-state index is -0.733. The van der Waals surface area contributed by atoms with Crippen LogP contribution in [0, 0.1) is 0 Å². The van der Waals surface area contributed by atoms with E-state index in [-0.39, 0.29) is 12.6 Å². The van der Waals surface area contributed by atoms with Gasteiger partial charge in [-0.15, -0.1) is 0 Å². The number of carbonyl (C=O) groups excluding carboxylic acids is 2. The van der Waals surface area contributed by atoms with E-state index in [1.54, 1.807) is 36.6 Å². The molecular formula is C19H23N3O5. The largest absolute Gasteiger partial charge is 0.497 e. The molecule has 1 aliphatic rings. The van der Waals surface area contributed by atoms with Crippen LogP contribution in [-0.2, 0) is 14.3 Å². The average Bonchev–Trinajstić information content (AvgIpc) is 3.23. The number of hydrogen-bond acceptors (Lipinski definition) is 6. The van der Waals surface area contributed by atoms with Crippen LogP contribution in [0.3, 0.4) is 0 Å². The lowest BCUT2D eigenvalue weighted by atomic mass is 10.1. The van der Waals surface area contributed by atoms with Gasteiger partial charge in [0.25, 0.3) is 0 Å². The second-order valence-corrected chi connectivity index (χ2v) is 6.08. The van der Waals surface area contributed by atoms with Gasteiger partial charge in [0.05, 0.1) is 32.6 Å². The molecule has 0 saturated carbocycles. The van der Waals surface area contributed by atoms with Gasteiger partial charge in [0, 0.05) is 31.4 Å². The highest BCUT2D eigenvalue weighted by atomic mass is 16.5. The van der Waals surface area contributed by atoms with Crippen LogP contribution in [0.1, 0.15) is 11.8 Å². The number of furan rings is 1.